The van der Waals surface area contributed by atoms with Crippen LogP contribution in [-0.4, -0.2) is 17.6 Å². The Labute approximate surface area is 88.2 Å². The molecule has 0 aliphatic heterocycles. The van der Waals surface area contributed by atoms with Gasteiger partial charge in [0.25, 0.3) is 5.78 Å². The minimum atomic E-state index is -0.536. The van der Waals surface area contributed by atoms with Crippen molar-refractivity contribution in [3.05, 3.63) is 30.3 Å². The molecule has 3 nitrogen and oxygen atoms in total. The number of benzene rings is 1. The molecule has 0 aromatic heterocycles. The van der Waals surface area contributed by atoms with Crippen LogP contribution in [0.15, 0.2) is 30.3 Å². The highest BCUT2D eigenvalue weighted by molar-refractivity contribution is 7.80. The first-order valence-electron chi connectivity index (χ1n) is 4.14. The van der Waals surface area contributed by atoms with E-state index in [4.69, 9.17) is 5.26 Å². The summed E-state index contributed by atoms with van der Waals surface area (Å²) in [6, 6.07) is 10.3. The summed E-state index contributed by atoms with van der Waals surface area (Å²) in [7, 11) is 0. The maximum atomic E-state index is 11.1. The predicted molar refractivity (Wildman–Crippen MR) is 58.3 cm³/mol. The number of nitrogens with one attached hydrogen (secondary N) is 1. The molecule has 0 bridgehead atoms. The number of Topliss-reactive ketones (excluding diaryl/α,β-unsaturated/α-hetero) is 1. The molecule has 1 rings (SSSR count). The number of hydrogen-bond donors (Lipinski definition) is 2. The monoisotopic (exact) mass is 206 g/mol. The van der Waals surface area contributed by atoms with Gasteiger partial charge in [0.1, 0.15) is 12.1 Å². The average Bonchev–Trinajstić information content (AvgIpc) is 2.26. The summed E-state index contributed by atoms with van der Waals surface area (Å²) in [4.78, 5) is 11.1. The van der Waals surface area contributed by atoms with E-state index in [0.29, 0.717) is 5.75 Å². The van der Waals surface area contributed by atoms with Crippen molar-refractivity contribution in [2.75, 3.05) is 11.1 Å². The van der Waals surface area contributed by atoms with Crippen LogP contribution >= 0.6 is 12.6 Å². The Morgan fingerprint density at radius 2 is 2.14 bits per heavy atom. The second kappa shape index (κ2) is 5.30. The van der Waals surface area contributed by atoms with E-state index in [1.807, 2.05) is 30.3 Å². The van der Waals surface area contributed by atoms with Gasteiger partial charge < -0.3 is 5.32 Å². The van der Waals surface area contributed by atoms with Crippen LogP contribution in [0.4, 0.5) is 5.69 Å². The molecule has 0 aliphatic carbocycles. The average molecular weight is 206 g/mol. The van der Waals surface area contributed by atoms with Crippen LogP contribution in [0.25, 0.3) is 0 Å². The van der Waals surface area contributed by atoms with Crippen molar-refractivity contribution in [1.29, 1.82) is 5.26 Å². The zero-order valence-electron chi connectivity index (χ0n) is 7.47. The molecule has 0 aliphatic rings. The third-order valence-corrected chi connectivity index (χ3v) is 2.09. The standard InChI is InChI=1S/C10H10N2OS/c11-6-10(13)9(7-14)12-8-4-2-1-3-5-8/h1-5,9,12,14H,7H2. The van der Waals surface area contributed by atoms with E-state index in [1.54, 1.807) is 6.07 Å². The first kappa shape index (κ1) is 10.6. The number of para-hydroxylation sites is 1. The summed E-state index contributed by atoms with van der Waals surface area (Å²) in [5.41, 5.74) is 0.815. The molecule has 0 saturated carbocycles. The zero-order chi connectivity index (χ0) is 10.4. The molecule has 72 valence electrons. The van der Waals surface area contributed by atoms with E-state index in [9.17, 15) is 4.79 Å². The second-order valence-electron chi connectivity index (χ2n) is 2.72. The lowest BCUT2D eigenvalue weighted by molar-refractivity contribution is -0.114. The van der Waals surface area contributed by atoms with Gasteiger partial charge >= 0.3 is 0 Å². The number of carbonyl (C=O) groups excluding carboxylic acids is 1. The molecule has 4 heteroatoms. The Bertz CT molecular complexity index is 345. The van der Waals surface area contributed by atoms with Crippen LogP contribution in [-0.2, 0) is 4.79 Å². The zero-order valence-corrected chi connectivity index (χ0v) is 8.37. The summed E-state index contributed by atoms with van der Waals surface area (Å²) >= 11 is 4.00. The number of ketones is 1. The quantitative estimate of drug-likeness (QED) is 0.579. The van der Waals surface area contributed by atoms with Gasteiger partial charge in [-0.25, -0.2) is 0 Å². The van der Waals surface area contributed by atoms with Crippen molar-refractivity contribution < 1.29 is 4.79 Å². The maximum Gasteiger partial charge on any atom is 0.254 e. The molecule has 0 heterocycles. The lowest BCUT2D eigenvalue weighted by atomic mass is 10.2. The Kier molecular flexibility index (Phi) is 4.02. The number of rotatable bonds is 4. The highest BCUT2D eigenvalue weighted by Gasteiger charge is 2.15. The maximum absolute atomic E-state index is 11.1. The molecule has 14 heavy (non-hydrogen) atoms. The summed E-state index contributed by atoms with van der Waals surface area (Å²) < 4.78 is 0. The number of hydrogen-bond acceptors (Lipinski definition) is 4. The lowest BCUT2D eigenvalue weighted by Gasteiger charge is -2.12. The van der Waals surface area contributed by atoms with Crippen LogP contribution < -0.4 is 5.32 Å². The molecule has 1 atom stereocenters. The normalized spacial score (nSPS) is 11.4. The first-order chi connectivity index (χ1) is 6.77. The number of carbonyl (C=O) groups is 1. The summed E-state index contributed by atoms with van der Waals surface area (Å²) in [5, 5.41) is 11.4. The molecule has 1 unspecified atom stereocenters. The number of nitriles is 1. The van der Waals surface area contributed by atoms with Crippen molar-refractivity contribution in [1.82, 2.24) is 0 Å². The third-order valence-electron chi connectivity index (χ3n) is 1.72. The van der Waals surface area contributed by atoms with E-state index in [2.05, 4.69) is 17.9 Å². The van der Waals surface area contributed by atoms with E-state index in [1.165, 1.54) is 0 Å². The van der Waals surface area contributed by atoms with Gasteiger partial charge in [0, 0.05) is 11.4 Å². The smallest absolute Gasteiger partial charge is 0.254 e. The Morgan fingerprint density at radius 3 is 2.64 bits per heavy atom. The third kappa shape index (κ3) is 2.79. The van der Waals surface area contributed by atoms with Crippen molar-refractivity contribution in [2.45, 2.75) is 6.04 Å². The van der Waals surface area contributed by atoms with Gasteiger partial charge in [-0.2, -0.15) is 17.9 Å². The van der Waals surface area contributed by atoms with Crippen LogP contribution in [0.5, 0.6) is 0 Å². The van der Waals surface area contributed by atoms with Gasteiger partial charge in [0.05, 0.1) is 0 Å². The van der Waals surface area contributed by atoms with E-state index in [-0.39, 0.29) is 0 Å². The topological polar surface area (TPSA) is 52.9 Å². The fourth-order valence-corrected chi connectivity index (χ4v) is 1.26. The molecular formula is C10H10N2OS. The predicted octanol–water partition coefficient (Wildman–Crippen LogP) is 1.49. The minimum absolute atomic E-state index is 0.307. The van der Waals surface area contributed by atoms with E-state index in [0.717, 1.165) is 5.69 Å². The molecular weight excluding hydrogens is 196 g/mol. The Balaban J connectivity index is 2.68. The van der Waals surface area contributed by atoms with Crippen molar-refractivity contribution in [3.8, 4) is 6.07 Å². The molecule has 1 aromatic rings. The van der Waals surface area contributed by atoms with Crippen LogP contribution in [0.3, 0.4) is 0 Å². The molecule has 0 amide bonds. The minimum Gasteiger partial charge on any atom is -0.374 e. The first-order valence-corrected chi connectivity index (χ1v) is 4.77. The van der Waals surface area contributed by atoms with Gasteiger partial charge in [0.15, 0.2) is 0 Å². The van der Waals surface area contributed by atoms with E-state index < -0.39 is 11.8 Å². The number of anilines is 1. The van der Waals surface area contributed by atoms with E-state index >= 15 is 0 Å². The largest absolute Gasteiger partial charge is 0.374 e. The van der Waals surface area contributed by atoms with Gasteiger partial charge in [-0.05, 0) is 12.1 Å². The highest BCUT2D eigenvalue weighted by Crippen LogP contribution is 2.08. The van der Waals surface area contributed by atoms with Gasteiger partial charge in [-0.15, -0.1) is 0 Å². The van der Waals surface area contributed by atoms with Crippen molar-refractivity contribution >= 4 is 24.1 Å². The Morgan fingerprint density at radius 1 is 1.50 bits per heavy atom. The van der Waals surface area contributed by atoms with Crippen LogP contribution in [0.2, 0.25) is 0 Å². The summed E-state index contributed by atoms with van der Waals surface area (Å²) in [5.74, 6) is -0.190. The Hall–Kier alpha value is -1.47. The molecule has 0 saturated heterocycles. The van der Waals surface area contributed by atoms with Crippen molar-refractivity contribution in [2.24, 2.45) is 0 Å². The van der Waals surface area contributed by atoms with Crippen molar-refractivity contribution in [3.63, 3.8) is 0 Å². The summed E-state index contributed by atoms with van der Waals surface area (Å²) in [6.45, 7) is 0. The number of nitrogens with zero attached hydrogens (tertiary/aromatic N) is 1. The fourth-order valence-electron chi connectivity index (χ4n) is 1.01. The molecule has 1 N–H and O–H groups in total. The SMILES string of the molecule is N#CC(=O)C(CS)Nc1ccccc1. The highest BCUT2D eigenvalue weighted by atomic mass is 32.1. The lowest BCUT2D eigenvalue weighted by Crippen LogP contribution is -2.30. The molecule has 1 aromatic carbocycles. The van der Waals surface area contributed by atoms with Gasteiger partial charge in [-0.3, -0.25) is 4.79 Å². The second-order valence-corrected chi connectivity index (χ2v) is 3.09. The number of thiol groups is 1. The van der Waals surface area contributed by atoms with Crippen LogP contribution in [0.1, 0.15) is 0 Å². The fraction of sp³-hybridized carbons (Fsp3) is 0.200. The summed E-state index contributed by atoms with van der Waals surface area (Å²) in [6.07, 6.45) is 0. The van der Waals surface area contributed by atoms with Crippen LogP contribution in [0, 0.1) is 11.3 Å². The van der Waals surface area contributed by atoms with Gasteiger partial charge in [0.2, 0.25) is 0 Å². The van der Waals surface area contributed by atoms with Gasteiger partial charge in [-0.1, -0.05) is 18.2 Å². The molecule has 0 fully saturated rings. The molecule has 0 radical (unpaired) electrons. The molecule has 0 spiro atoms.